The number of carboxylic acids is 1. The fourth-order valence-corrected chi connectivity index (χ4v) is 4.93. The van der Waals surface area contributed by atoms with Crippen LogP contribution in [0.15, 0.2) is 48.5 Å². The van der Waals surface area contributed by atoms with Crippen LogP contribution in [0.1, 0.15) is 24.0 Å². The number of rotatable bonds is 4. The summed E-state index contributed by atoms with van der Waals surface area (Å²) in [4.78, 5) is 12.7. The van der Waals surface area contributed by atoms with Crippen LogP contribution in [0.25, 0.3) is 0 Å². The minimum absolute atomic E-state index is 0.0412. The molecule has 1 heterocycles. The van der Waals surface area contributed by atoms with Crippen LogP contribution in [0.3, 0.4) is 0 Å². The van der Waals surface area contributed by atoms with E-state index in [1.54, 1.807) is 18.2 Å². The Morgan fingerprint density at radius 1 is 1.12 bits per heavy atom. The van der Waals surface area contributed by atoms with Crippen molar-refractivity contribution in [1.82, 2.24) is 5.32 Å². The molecule has 1 saturated carbocycles. The summed E-state index contributed by atoms with van der Waals surface area (Å²) in [6.45, 7) is 0.777. The van der Waals surface area contributed by atoms with Crippen LogP contribution in [0.4, 0.5) is 4.39 Å². The van der Waals surface area contributed by atoms with Gasteiger partial charge in [0.25, 0.3) is 0 Å². The monoisotopic (exact) mass is 341 g/mol. The Kier molecular flexibility index (Phi) is 3.76. The predicted octanol–water partition coefficient (Wildman–Crippen LogP) is 2.90. The van der Waals surface area contributed by atoms with Gasteiger partial charge in [-0.1, -0.05) is 30.3 Å². The quantitative estimate of drug-likeness (QED) is 0.800. The lowest BCUT2D eigenvalue weighted by Gasteiger charge is -2.39. The van der Waals surface area contributed by atoms with Crippen molar-refractivity contribution in [1.29, 1.82) is 0 Å². The average Bonchev–Trinajstić information content (AvgIpc) is 3.19. The molecule has 4 atom stereocenters. The van der Waals surface area contributed by atoms with E-state index in [4.69, 9.17) is 0 Å². The predicted molar refractivity (Wildman–Crippen MR) is 90.9 cm³/mol. The van der Waals surface area contributed by atoms with E-state index in [1.165, 1.54) is 30.3 Å². The number of halogens is 1. The highest BCUT2D eigenvalue weighted by Gasteiger charge is 2.59. The van der Waals surface area contributed by atoms with E-state index in [-0.39, 0.29) is 23.6 Å². The molecule has 0 amide bonds. The van der Waals surface area contributed by atoms with E-state index in [2.05, 4.69) is 5.32 Å². The normalized spacial score (nSPS) is 27.2. The van der Waals surface area contributed by atoms with Crippen LogP contribution in [-0.4, -0.2) is 28.8 Å². The number of hydrogen-bond donors (Lipinski definition) is 3. The van der Waals surface area contributed by atoms with Crippen molar-refractivity contribution < 1.29 is 19.4 Å². The first-order valence-electron chi connectivity index (χ1n) is 8.56. The molecule has 2 aromatic carbocycles. The van der Waals surface area contributed by atoms with E-state index in [9.17, 15) is 19.4 Å². The second-order valence-corrected chi connectivity index (χ2v) is 7.02. The van der Waals surface area contributed by atoms with Crippen LogP contribution in [0, 0.1) is 17.7 Å². The minimum Gasteiger partial charge on any atom is -0.508 e. The fraction of sp³-hybridized carbons (Fsp3) is 0.350. The van der Waals surface area contributed by atoms with Crippen molar-refractivity contribution in [2.24, 2.45) is 11.8 Å². The second kappa shape index (κ2) is 5.85. The SMILES string of the molecule is O=C(O)[C@@](c1ccc(F)cc1)(c1ccccc1O)C1C2CCC1NC2. The molecule has 0 radical (unpaired) electrons. The molecule has 1 aliphatic heterocycles. The lowest BCUT2D eigenvalue weighted by molar-refractivity contribution is -0.144. The standard InChI is InChI=1S/C20H20FNO3/c21-14-8-6-13(7-9-14)20(19(24)25,15-3-1-2-4-17(15)23)18-12-5-10-16(18)22-11-12/h1-4,6-9,12,16,18,22-23H,5,10-11H2,(H,24,25)/t12?,16?,18?,20-/m0/s1. The van der Waals surface area contributed by atoms with E-state index in [0.29, 0.717) is 11.1 Å². The molecule has 3 N–H and O–H groups in total. The Balaban J connectivity index is 2.01. The smallest absolute Gasteiger partial charge is 0.319 e. The number of carbonyl (C=O) groups is 1. The Labute approximate surface area is 145 Å². The Morgan fingerprint density at radius 3 is 2.36 bits per heavy atom. The molecule has 0 aromatic heterocycles. The summed E-state index contributed by atoms with van der Waals surface area (Å²) in [5.41, 5.74) is -0.526. The number of carboxylic acid groups (broad SMARTS) is 1. The third kappa shape index (κ3) is 2.26. The van der Waals surface area contributed by atoms with Crippen LogP contribution in [0.2, 0.25) is 0 Å². The molecule has 2 aliphatic rings. The molecule has 5 heteroatoms. The molecule has 2 bridgehead atoms. The molecule has 2 fully saturated rings. The van der Waals surface area contributed by atoms with Crippen LogP contribution in [0.5, 0.6) is 5.75 Å². The van der Waals surface area contributed by atoms with Crippen molar-refractivity contribution >= 4 is 5.97 Å². The Morgan fingerprint density at radius 2 is 1.84 bits per heavy atom. The number of phenols is 1. The van der Waals surface area contributed by atoms with Gasteiger partial charge in [0.2, 0.25) is 0 Å². The molecule has 0 spiro atoms. The maximum atomic E-state index is 13.5. The highest BCUT2D eigenvalue weighted by Crippen LogP contribution is 2.53. The largest absolute Gasteiger partial charge is 0.508 e. The highest BCUT2D eigenvalue weighted by atomic mass is 19.1. The number of fused-ring (bicyclic) bond motifs is 2. The topological polar surface area (TPSA) is 69.6 Å². The van der Waals surface area contributed by atoms with Gasteiger partial charge in [0.1, 0.15) is 17.0 Å². The molecular formula is C20H20FNO3. The zero-order valence-corrected chi connectivity index (χ0v) is 13.7. The van der Waals surface area contributed by atoms with Gasteiger partial charge in [0.05, 0.1) is 0 Å². The summed E-state index contributed by atoms with van der Waals surface area (Å²) < 4.78 is 13.5. The lowest BCUT2D eigenvalue weighted by Crippen LogP contribution is -2.48. The minimum atomic E-state index is -1.41. The molecule has 1 aliphatic carbocycles. The number of aromatic hydroxyl groups is 1. The summed E-state index contributed by atoms with van der Waals surface area (Å²) in [7, 11) is 0. The van der Waals surface area contributed by atoms with Crippen LogP contribution >= 0.6 is 0 Å². The molecular weight excluding hydrogens is 321 g/mol. The van der Waals surface area contributed by atoms with Crippen molar-refractivity contribution in [3.05, 3.63) is 65.5 Å². The maximum absolute atomic E-state index is 13.5. The zero-order chi connectivity index (χ0) is 17.6. The third-order valence-corrected chi connectivity index (χ3v) is 5.90. The Bertz CT molecular complexity index is 787. The molecule has 4 nitrogen and oxygen atoms in total. The number of aliphatic carboxylic acids is 1. The van der Waals surface area contributed by atoms with E-state index >= 15 is 0 Å². The number of hydrogen-bond acceptors (Lipinski definition) is 3. The van der Waals surface area contributed by atoms with Crippen molar-refractivity contribution in [2.75, 3.05) is 6.54 Å². The number of nitrogens with one attached hydrogen (secondary N) is 1. The Hall–Kier alpha value is -2.40. The first kappa shape index (κ1) is 16.1. The van der Waals surface area contributed by atoms with Crippen molar-refractivity contribution in [2.45, 2.75) is 24.3 Å². The van der Waals surface area contributed by atoms with E-state index in [1.807, 2.05) is 0 Å². The second-order valence-electron chi connectivity index (χ2n) is 7.02. The lowest BCUT2D eigenvalue weighted by atomic mass is 9.62. The summed E-state index contributed by atoms with van der Waals surface area (Å²) >= 11 is 0. The molecule has 2 aromatic rings. The summed E-state index contributed by atoms with van der Waals surface area (Å²) in [5.74, 6) is -1.44. The first-order chi connectivity index (χ1) is 12.0. The van der Waals surface area contributed by atoms with Crippen molar-refractivity contribution in [3.8, 4) is 5.75 Å². The molecule has 3 unspecified atom stereocenters. The first-order valence-corrected chi connectivity index (χ1v) is 8.56. The van der Waals surface area contributed by atoms with Crippen LogP contribution in [-0.2, 0) is 10.2 Å². The summed E-state index contributed by atoms with van der Waals surface area (Å²) in [6, 6.07) is 12.3. The average molecular weight is 341 g/mol. The van der Waals surface area contributed by atoms with Crippen molar-refractivity contribution in [3.63, 3.8) is 0 Å². The van der Waals surface area contributed by atoms with Gasteiger partial charge in [0.15, 0.2) is 0 Å². The molecule has 1 saturated heterocycles. The van der Waals surface area contributed by atoms with E-state index in [0.717, 1.165) is 19.4 Å². The summed E-state index contributed by atoms with van der Waals surface area (Å²) in [5, 5.41) is 24.3. The fourth-order valence-electron chi connectivity index (χ4n) is 4.93. The van der Waals surface area contributed by atoms with Gasteiger partial charge in [-0.15, -0.1) is 0 Å². The van der Waals surface area contributed by atoms with Gasteiger partial charge in [0, 0.05) is 17.5 Å². The molecule has 130 valence electrons. The van der Waals surface area contributed by atoms with Gasteiger partial charge in [-0.3, -0.25) is 4.79 Å². The van der Waals surface area contributed by atoms with E-state index < -0.39 is 17.2 Å². The van der Waals surface area contributed by atoms with Gasteiger partial charge in [-0.05, 0) is 49.1 Å². The van der Waals surface area contributed by atoms with Gasteiger partial charge in [-0.2, -0.15) is 0 Å². The van der Waals surface area contributed by atoms with Gasteiger partial charge in [-0.25, -0.2) is 4.39 Å². The van der Waals surface area contributed by atoms with Gasteiger partial charge < -0.3 is 15.5 Å². The number of para-hydroxylation sites is 1. The number of benzene rings is 2. The van der Waals surface area contributed by atoms with Crippen LogP contribution < -0.4 is 5.32 Å². The molecule has 25 heavy (non-hydrogen) atoms. The van der Waals surface area contributed by atoms with Gasteiger partial charge >= 0.3 is 5.97 Å². The molecule has 4 rings (SSSR count). The number of phenolic OH excluding ortho intramolecular Hbond substituents is 1. The maximum Gasteiger partial charge on any atom is 0.319 e. The summed E-state index contributed by atoms with van der Waals surface area (Å²) in [6.07, 6.45) is 1.88. The number of piperidine rings is 1. The third-order valence-electron chi connectivity index (χ3n) is 5.90. The zero-order valence-electron chi connectivity index (χ0n) is 13.7. The highest BCUT2D eigenvalue weighted by molar-refractivity contribution is 5.88.